The highest BCUT2D eigenvalue weighted by Gasteiger charge is 2.37. The maximum Gasteiger partial charge on any atom is 0.264 e. The van der Waals surface area contributed by atoms with Crippen molar-refractivity contribution in [2.75, 3.05) is 25.0 Å². The number of halogens is 2. The van der Waals surface area contributed by atoms with Crippen LogP contribution in [0.1, 0.15) is 66.7 Å². The van der Waals surface area contributed by atoms with Crippen LogP contribution >= 0.6 is 0 Å². The molecule has 1 saturated carbocycles. The Morgan fingerprint density at radius 3 is 2.76 bits per heavy atom. The molecule has 0 unspecified atom stereocenters. The summed E-state index contributed by atoms with van der Waals surface area (Å²) in [4.78, 5) is 21.5. The number of nitrogens with one attached hydrogen (secondary N) is 2. The fraction of sp³-hybridized carbons (Fsp3) is 0.480. The van der Waals surface area contributed by atoms with Gasteiger partial charge in [-0.2, -0.15) is 0 Å². The summed E-state index contributed by atoms with van der Waals surface area (Å²) in [5.74, 6) is 2.22. The van der Waals surface area contributed by atoms with Crippen LogP contribution in [0.2, 0.25) is 0 Å². The number of aryl methyl sites for hydroxylation is 1. The van der Waals surface area contributed by atoms with Crippen LogP contribution in [-0.2, 0) is 24.3 Å². The first-order valence-corrected chi connectivity index (χ1v) is 11.9. The predicted octanol–water partition coefficient (Wildman–Crippen LogP) is 4.35. The van der Waals surface area contributed by atoms with Gasteiger partial charge in [-0.1, -0.05) is 0 Å². The Morgan fingerprint density at radius 1 is 1.32 bits per heavy atom. The first-order chi connectivity index (χ1) is 16.5. The van der Waals surface area contributed by atoms with Gasteiger partial charge in [0.25, 0.3) is 6.43 Å². The number of carbonyl (C=O) groups excluding carboxylic acids is 1. The summed E-state index contributed by atoms with van der Waals surface area (Å²) >= 11 is 0. The fourth-order valence-corrected chi connectivity index (χ4v) is 5.14. The van der Waals surface area contributed by atoms with E-state index >= 15 is 0 Å². The highest BCUT2D eigenvalue weighted by Crippen LogP contribution is 2.45. The summed E-state index contributed by atoms with van der Waals surface area (Å²) in [6.45, 7) is 4.06. The van der Waals surface area contributed by atoms with E-state index in [2.05, 4.69) is 14.8 Å². The standard InChI is InChI=1S/C25H30F2N6O/c1-3-31-13-21-25(30-24(15-6-7-15)33(21)14-22(31)34)32-8-4-5-16-9-18(17(11-28)12-29-2)19(23(26)27)10-20(16)32/h9-12,15,23,28-29H,3-8,13-14H2,1-2H3/b17-12+,28-11?. The van der Waals surface area contributed by atoms with Crippen molar-refractivity contribution < 1.29 is 13.6 Å². The van der Waals surface area contributed by atoms with Gasteiger partial charge in [0.05, 0.1) is 12.2 Å². The molecule has 1 aliphatic carbocycles. The molecule has 2 aromatic rings. The van der Waals surface area contributed by atoms with Gasteiger partial charge in [-0.05, 0) is 55.9 Å². The van der Waals surface area contributed by atoms with Crippen LogP contribution in [0.4, 0.5) is 20.3 Å². The molecule has 5 rings (SSSR count). The molecule has 2 aliphatic heterocycles. The van der Waals surface area contributed by atoms with E-state index in [0.717, 1.165) is 60.5 Å². The van der Waals surface area contributed by atoms with Crippen LogP contribution in [0.25, 0.3) is 5.57 Å². The maximum absolute atomic E-state index is 14.2. The van der Waals surface area contributed by atoms with Gasteiger partial charge in [0.1, 0.15) is 12.4 Å². The lowest BCUT2D eigenvalue weighted by Gasteiger charge is -2.34. The molecule has 180 valence electrons. The van der Waals surface area contributed by atoms with E-state index in [1.54, 1.807) is 19.3 Å². The summed E-state index contributed by atoms with van der Waals surface area (Å²) in [7, 11) is 1.69. The SMILES string of the molecule is CCN1Cc2c(N3CCCc4cc(/C(C=N)=C/NC)c(C(F)F)cc43)nc(C3CC3)n2CC1=O. The molecule has 7 nitrogen and oxygen atoms in total. The van der Waals surface area contributed by atoms with E-state index in [1.807, 2.05) is 17.9 Å². The Labute approximate surface area is 198 Å². The van der Waals surface area contributed by atoms with E-state index in [-0.39, 0.29) is 11.5 Å². The van der Waals surface area contributed by atoms with Gasteiger partial charge in [-0.25, -0.2) is 13.8 Å². The first kappa shape index (κ1) is 22.6. The predicted molar refractivity (Wildman–Crippen MR) is 128 cm³/mol. The van der Waals surface area contributed by atoms with Crippen molar-refractivity contribution in [2.45, 2.75) is 58.0 Å². The van der Waals surface area contributed by atoms with Crippen molar-refractivity contribution >= 4 is 29.2 Å². The van der Waals surface area contributed by atoms with E-state index in [0.29, 0.717) is 43.2 Å². The molecule has 3 aliphatic rings. The monoisotopic (exact) mass is 468 g/mol. The zero-order chi connectivity index (χ0) is 24.0. The third-order valence-corrected chi connectivity index (χ3v) is 7.02. The average Bonchev–Trinajstić information content (AvgIpc) is 3.62. The second kappa shape index (κ2) is 8.85. The molecule has 1 fully saturated rings. The number of carbonyl (C=O) groups is 1. The molecule has 0 spiro atoms. The van der Waals surface area contributed by atoms with Crippen molar-refractivity contribution in [1.82, 2.24) is 19.8 Å². The van der Waals surface area contributed by atoms with Gasteiger partial charge in [0, 0.05) is 55.3 Å². The molecule has 0 bridgehead atoms. The van der Waals surface area contributed by atoms with Gasteiger partial charge >= 0.3 is 0 Å². The maximum atomic E-state index is 14.2. The number of alkyl halides is 2. The largest absolute Gasteiger partial charge is 0.393 e. The number of anilines is 2. The normalized spacial score (nSPS) is 18.3. The van der Waals surface area contributed by atoms with Crippen LogP contribution in [0.15, 0.2) is 18.3 Å². The number of likely N-dealkylation sites (N-methyl/N-ethyl adjacent to an activating group) is 1. The van der Waals surface area contributed by atoms with Crippen LogP contribution in [-0.4, -0.2) is 46.7 Å². The molecule has 0 radical (unpaired) electrons. The number of fused-ring (bicyclic) bond motifs is 2. The Hall–Kier alpha value is -3.23. The van der Waals surface area contributed by atoms with Crippen molar-refractivity contribution in [2.24, 2.45) is 0 Å². The average molecular weight is 469 g/mol. The number of amides is 1. The Balaban J connectivity index is 1.64. The zero-order valence-corrected chi connectivity index (χ0v) is 19.6. The summed E-state index contributed by atoms with van der Waals surface area (Å²) in [6.07, 6.45) is 3.80. The third-order valence-electron chi connectivity index (χ3n) is 7.02. The number of aromatic nitrogens is 2. The lowest BCUT2D eigenvalue weighted by Crippen LogP contribution is -2.39. The first-order valence-electron chi connectivity index (χ1n) is 11.9. The molecule has 34 heavy (non-hydrogen) atoms. The number of benzene rings is 1. The number of hydrogen-bond donors (Lipinski definition) is 2. The molecular formula is C25H30F2N6O. The summed E-state index contributed by atoms with van der Waals surface area (Å²) in [5.41, 5.74) is 3.44. The van der Waals surface area contributed by atoms with E-state index < -0.39 is 6.43 Å². The quantitative estimate of drug-likeness (QED) is 0.592. The molecule has 1 aromatic heterocycles. The lowest BCUT2D eigenvalue weighted by atomic mass is 9.92. The molecule has 9 heteroatoms. The molecule has 0 saturated heterocycles. The van der Waals surface area contributed by atoms with Crippen LogP contribution < -0.4 is 10.2 Å². The Morgan fingerprint density at radius 2 is 2.12 bits per heavy atom. The highest BCUT2D eigenvalue weighted by atomic mass is 19.3. The number of rotatable bonds is 7. The third kappa shape index (κ3) is 3.76. The topological polar surface area (TPSA) is 77.2 Å². The molecule has 2 N–H and O–H groups in total. The van der Waals surface area contributed by atoms with Gasteiger partial charge in [-0.3, -0.25) is 4.79 Å². The summed E-state index contributed by atoms with van der Waals surface area (Å²) in [6, 6.07) is 3.39. The van der Waals surface area contributed by atoms with Gasteiger partial charge in [0.15, 0.2) is 5.82 Å². The smallest absolute Gasteiger partial charge is 0.264 e. The number of nitrogens with zero attached hydrogens (tertiary/aromatic N) is 4. The number of hydrogen-bond acceptors (Lipinski definition) is 5. The van der Waals surface area contributed by atoms with E-state index in [9.17, 15) is 13.6 Å². The summed E-state index contributed by atoms with van der Waals surface area (Å²) < 4.78 is 30.5. The van der Waals surface area contributed by atoms with Crippen molar-refractivity contribution in [3.8, 4) is 0 Å². The van der Waals surface area contributed by atoms with Crippen LogP contribution in [0.5, 0.6) is 0 Å². The Bertz CT molecular complexity index is 1170. The van der Waals surface area contributed by atoms with Crippen molar-refractivity contribution in [3.05, 3.63) is 46.5 Å². The minimum absolute atomic E-state index is 0.0866. The summed E-state index contributed by atoms with van der Waals surface area (Å²) in [5, 5.41) is 10.6. The zero-order valence-electron chi connectivity index (χ0n) is 19.6. The highest BCUT2D eigenvalue weighted by molar-refractivity contribution is 6.09. The minimum atomic E-state index is -2.67. The van der Waals surface area contributed by atoms with Gasteiger partial charge in [-0.15, -0.1) is 0 Å². The van der Waals surface area contributed by atoms with Crippen LogP contribution in [0.3, 0.4) is 0 Å². The van der Waals surface area contributed by atoms with E-state index in [4.69, 9.17) is 10.4 Å². The second-order valence-corrected chi connectivity index (χ2v) is 9.17. The van der Waals surface area contributed by atoms with Crippen molar-refractivity contribution in [1.29, 1.82) is 5.41 Å². The number of imidazole rings is 1. The fourth-order valence-electron chi connectivity index (χ4n) is 5.14. The van der Waals surface area contributed by atoms with Gasteiger partial charge < -0.3 is 25.1 Å². The molecular weight excluding hydrogens is 438 g/mol. The molecule has 1 aromatic carbocycles. The van der Waals surface area contributed by atoms with Crippen LogP contribution in [0, 0.1) is 5.41 Å². The van der Waals surface area contributed by atoms with E-state index in [1.165, 1.54) is 0 Å². The Kier molecular flexibility index (Phi) is 5.87. The number of allylic oxidation sites excluding steroid dienone is 1. The molecule has 3 heterocycles. The van der Waals surface area contributed by atoms with Crippen molar-refractivity contribution in [3.63, 3.8) is 0 Å². The second-order valence-electron chi connectivity index (χ2n) is 9.17. The molecule has 0 atom stereocenters. The minimum Gasteiger partial charge on any atom is -0.393 e. The van der Waals surface area contributed by atoms with Gasteiger partial charge in [0.2, 0.25) is 5.91 Å². The molecule has 1 amide bonds. The lowest BCUT2D eigenvalue weighted by molar-refractivity contribution is -0.133.